The van der Waals surface area contributed by atoms with E-state index >= 15 is 0 Å². The number of ether oxygens (including phenoxy) is 1. The van der Waals surface area contributed by atoms with Crippen LogP contribution in [0.5, 0.6) is 0 Å². The average Bonchev–Trinajstić information content (AvgIpc) is 2.01. The second kappa shape index (κ2) is 4.58. The molecule has 4 heteroatoms. The van der Waals surface area contributed by atoms with Crippen LogP contribution >= 0.6 is 11.6 Å². The molecule has 2 atom stereocenters. The Kier molecular flexibility index (Phi) is 3.67. The fourth-order valence-corrected chi connectivity index (χ4v) is 1.15. The van der Waals surface area contributed by atoms with Crippen LogP contribution in [0.3, 0.4) is 0 Å². The van der Waals surface area contributed by atoms with Crippen LogP contribution in [0.1, 0.15) is 6.42 Å². The molecule has 2 unspecified atom stereocenters. The maximum Gasteiger partial charge on any atom is 0.113 e. The first-order chi connectivity index (χ1) is 5.33. The van der Waals surface area contributed by atoms with Gasteiger partial charge in [0.2, 0.25) is 0 Å². The molecule has 0 bridgehead atoms. The first kappa shape index (κ1) is 8.82. The predicted molar refractivity (Wildman–Crippen MR) is 44.0 cm³/mol. The van der Waals surface area contributed by atoms with E-state index in [1.54, 1.807) is 0 Å². The van der Waals surface area contributed by atoms with Gasteiger partial charge in [0.05, 0.1) is 5.50 Å². The monoisotopic (exact) mass is 174 g/mol. The molecule has 1 aliphatic heterocycles. The van der Waals surface area contributed by atoms with E-state index in [1.807, 2.05) is 0 Å². The van der Waals surface area contributed by atoms with E-state index in [-0.39, 0.29) is 11.7 Å². The molecule has 0 aromatic rings. The summed E-state index contributed by atoms with van der Waals surface area (Å²) in [5, 5.41) is 6.08. The van der Waals surface area contributed by atoms with Gasteiger partial charge >= 0.3 is 0 Å². The third-order valence-electron chi connectivity index (χ3n) is 1.44. The first-order valence-corrected chi connectivity index (χ1v) is 3.92. The van der Waals surface area contributed by atoms with Gasteiger partial charge in [-0.25, -0.2) is 0 Å². The summed E-state index contributed by atoms with van der Waals surface area (Å²) in [5.74, 6) is 2.40. The van der Waals surface area contributed by atoms with Gasteiger partial charge in [-0.3, -0.25) is 10.6 Å². The van der Waals surface area contributed by atoms with Gasteiger partial charge in [0.1, 0.15) is 12.8 Å². The van der Waals surface area contributed by atoms with Crippen molar-refractivity contribution in [2.24, 2.45) is 0 Å². The topological polar surface area (TPSA) is 33.3 Å². The van der Waals surface area contributed by atoms with Gasteiger partial charge < -0.3 is 4.74 Å². The highest BCUT2D eigenvalue weighted by Gasteiger charge is 2.18. The number of alkyl halides is 1. The molecular formula is C7H11ClN2O. The smallest absolute Gasteiger partial charge is 0.113 e. The Balaban J connectivity index is 2.18. The Morgan fingerprint density at radius 3 is 3.09 bits per heavy atom. The zero-order valence-corrected chi connectivity index (χ0v) is 6.90. The molecule has 0 aromatic carbocycles. The molecule has 11 heavy (non-hydrogen) atoms. The molecule has 0 aliphatic carbocycles. The molecule has 62 valence electrons. The Morgan fingerprint density at radius 1 is 1.64 bits per heavy atom. The van der Waals surface area contributed by atoms with Crippen LogP contribution in [0.2, 0.25) is 0 Å². The largest absolute Gasteiger partial charge is 0.351 e. The van der Waals surface area contributed by atoms with Crippen molar-refractivity contribution in [1.82, 2.24) is 10.6 Å². The average molecular weight is 175 g/mol. The summed E-state index contributed by atoms with van der Waals surface area (Å²) in [4.78, 5) is 0. The number of hydrogen-bond donors (Lipinski definition) is 2. The standard InChI is InChI=1S/C7H11ClN2O/c1-2-3-11-7-4-6(8)9-5-10-7/h1,6-7,9-10H,3-5H2. The van der Waals surface area contributed by atoms with Crippen LogP contribution in [-0.4, -0.2) is 25.0 Å². The molecule has 1 saturated heterocycles. The maximum absolute atomic E-state index is 5.81. The molecule has 0 radical (unpaired) electrons. The summed E-state index contributed by atoms with van der Waals surface area (Å²) in [6.07, 6.45) is 5.76. The Labute approximate surface area is 71.4 Å². The first-order valence-electron chi connectivity index (χ1n) is 3.49. The molecule has 0 saturated carbocycles. The molecule has 3 nitrogen and oxygen atoms in total. The molecule has 0 aromatic heterocycles. The van der Waals surface area contributed by atoms with Crippen molar-refractivity contribution in [3.05, 3.63) is 0 Å². The van der Waals surface area contributed by atoms with Crippen molar-refractivity contribution >= 4 is 11.6 Å². The quantitative estimate of drug-likeness (QED) is 0.353. The van der Waals surface area contributed by atoms with E-state index in [0.717, 1.165) is 6.42 Å². The predicted octanol–water partition coefficient (Wildman–Crippen LogP) is 0.0676. The lowest BCUT2D eigenvalue weighted by molar-refractivity contribution is 0.0280. The fraction of sp³-hybridized carbons (Fsp3) is 0.714. The summed E-state index contributed by atoms with van der Waals surface area (Å²) in [6, 6.07) is 0. The number of hydrogen-bond acceptors (Lipinski definition) is 3. The number of halogens is 1. The Morgan fingerprint density at radius 2 is 2.45 bits per heavy atom. The fourth-order valence-electron chi connectivity index (χ4n) is 0.914. The van der Waals surface area contributed by atoms with Crippen molar-refractivity contribution < 1.29 is 4.74 Å². The van der Waals surface area contributed by atoms with Crippen molar-refractivity contribution in [2.45, 2.75) is 18.1 Å². The minimum absolute atomic E-state index is 0.00481. The lowest BCUT2D eigenvalue weighted by Gasteiger charge is -2.27. The van der Waals surface area contributed by atoms with Gasteiger partial charge in [0.25, 0.3) is 0 Å². The van der Waals surface area contributed by atoms with E-state index in [0.29, 0.717) is 13.3 Å². The van der Waals surface area contributed by atoms with Crippen LogP contribution in [0.25, 0.3) is 0 Å². The minimum Gasteiger partial charge on any atom is -0.351 e. The summed E-state index contributed by atoms with van der Waals surface area (Å²) in [7, 11) is 0. The van der Waals surface area contributed by atoms with E-state index in [4.69, 9.17) is 22.8 Å². The van der Waals surface area contributed by atoms with Gasteiger partial charge in [0, 0.05) is 13.1 Å². The second-order valence-corrected chi connectivity index (χ2v) is 2.82. The van der Waals surface area contributed by atoms with Gasteiger partial charge in [-0.1, -0.05) is 5.92 Å². The molecule has 0 amide bonds. The SMILES string of the molecule is C#CCOC1CC(Cl)NCN1. The maximum atomic E-state index is 5.81. The van der Waals surface area contributed by atoms with Gasteiger partial charge in [-0.15, -0.1) is 18.0 Å². The van der Waals surface area contributed by atoms with Gasteiger partial charge in [-0.2, -0.15) is 0 Å². The number of nitrogens with one attached hydrogen (secondary N) is 2. The molecule has 1 rings (SSSR count). The van der Waals surface area contributed by atoms with E-state index in [1.165, 1.54) is 0 Å². The summed E-state index contributed by atoms with van der Waals surface area (Å²) in [5.41, 5.74) is -0.0148. The lowest BCUT2D eigenvalue weighted by atomic mass is 10.3. The highest BCUT2D eigenvalue weighted by atomic mass is 35.5. The van der Waals surface area contributed by atoms with Crippen LogP contribution in [0.15, 0.2) is 0 Å². The molecule has 1 heterocycles. The molecule has 2 N–H and O–H groups in total. The zero-order valence-electron chi connectivity index (χ0n) is 6.14. The van der Waals surface area contributed by atoms with Crippen molar-refractivity contribution in [2.75, 3.05) is 13.3 Å². The molecular weight excluding hydrogens is 164 g/mol. The summed E-state index contributed by atoms with van der Waals surface area (Å²) >= 11 is 5.81. The van der Waals surface area contributed by atoms with E-state index < -0.39 is 0 Å². The summed E-state index contributed by atoms with van der Waals surface area (Å²) < 4.78 is 5.23. The third-order valence-corrected chi connectivity index (χ3v) is 1.77. The Bertz CT molecular complexity index is 157. The van der Waals surface area contributed by atoms with Crippen molar-refractivity contribution in [3.8, 4) is 12.3 Å². The highest BCUT2D eigenvalue weighted by molar-refractivity contribution is 6.20. The summed E-state index contributed by atoms with van der Waals surface area (Å²) in [6.45, 7) is 1.00. The van der Waals surface area contributed by atoms with E-state index in [9.17, 15) is 0 Å². The van der Waals surface area contributed by atoms with Gasteiger partial charge in [0.15, 0.2) is 0 Å². The number of rotatable bonds is 2. The molecule has 0 spiro atoms. The van der Waals surface area contributed by atoms with Crippen molar-refractivity contribution in [3.63, 3.8) is 0 Å². The van der Waals surface area contributed by atoms with E-state index in [2.05, 4.69) is 16.6 Å². The van der Waals surface area contributed by atoms with Crippen molar-refractivity contribution in [1.29, 1.82) is 0 Å². The Hall–Kier alpha value is -0.270. The molecule has 1 fully saturated rings. The van der Waals surface area contributed by atoms with Crippen LogP contribution in [0.4, 0.5) is 0 Å². The van der Waals surface area contributed by atoms with Crippen LogP contribution in [0, 0.1) is 12.3 Å². The highest BCUT2D eigenvalue weighted by Crippen LogP contribution is 2.06. The normalized spacial score (nSPS) is 31.3. The number of terminal acetylenes is 1. The van der Waals surface area contributed by atoms with Crippen LogP contribution < -0.4 is 10.6 Å². The molecule has 1 aliphatic rings. The zero-order chi connectivity index (χ0) is 8.10. The second-order valence-electron chi connectivity index (χ2n) is 2.29. The third kappa shape index (κ3) is 3.08. The van der Waals surface area contributed by atoms with Gasteiger partial charge in [-0.05, 0) is 0 Å². The minimum atomic E-state index is -0.0148. The lowest BCUT2D eigenvalue weighted by Crippen LogP contribution is -2.49. The van der Waals surface area contributed by atoms with Crippen LogP contribution in [-0.2, 0) is 4.74 Å².